The van der Waals surface area contributed by atoms with Crippen molar-refractivity contribution < 1.29 is 9.13 Å². The van der Waals surface area contributed by atoms with Crippen molar-refractivity contribution in [3.05, 3.63) is 99.7 Å². The lowest BCUT2D eigenvalue weighted by Crippen LogP contribution is -2.19. The van der Waals surface area contributed by atoms with Crippen LogP contribution < -0.4 is 15.6 Å². The Kier molecular flexibility index (Phi) is 6.39. The predicted molar refractivity (Wildman–Crippen MR) is 104 cm³/mol. The average molecular weight is 366 g/mol. The molecular formula is C22H23FN2O2. The largest absolute Gasteiger partial charge is 0.489 e. The fourth-order valence-electron chi connectivity index (χ4n) is 2.79. The van der Waals surface area contributed by atoms with Crippen LogP contribution in [0.5, 0.6) is 5.75 Å². The Balaban J connectivity index is 1.56. The van der Waals surface area contributed by atoms with Gasteiger partial charge in [-0.05, 0) is 48.4 Å². The van der Waals surface area contributed by atoms with Crippen LogP contribution in [0.3, 0.4) is 0 Å². The molecule has 1 N–H and O–H groups in total. The van der Waals surface area contributed by atoms with E-state index < -0.39 is 0 Å². The van der Waals surface area contributed by atoms with Gasteiger partial charge >= 0.3 is 0 Å². The van der Waals surface area contributed by atoms with Crippen LogP contribution >= 0.6 is 0 Å². The molecule has 1 heterocycles. The first-order valence-electron chi connectivity index (χ1n) is 8.94. The van der Waals surface area contributed by atoms with Gasteiger partial charge in [-0.15, -0.1) is 0 Å². The van der Waals surface area contributed by atoms with Crippen molar-refractivity contribution in [2.75, 3.05) is 7.05 Å². The van der Waals surface area contributed by atoms with Gasteiger partial charge in [-0.25, -0.2) is 4.39 Å². The number of rotatable bonds is 8. The number of pyridine rings is 1. The lowest BCUT2D eigenvalue weighted by Gasteiger charge is -2.09. The smallest absolute Gasteiger partial charge is 0.254 e. The Bertz CT molecular complexity index is 918. The van der Waals surface area contributed by atoms with Gasteiger partial charge in [-0.2, -0.15) is 0 Å². The average Bonchev–Trinajstić information content (AvgIpc) is 2.68. The van der Waals surface area contributed by atoms with Crippen molar-refractivity contribution in [3.63, 3.8) is 0 Å². The molecule has 0 aliphatic carbocycles. The molecule has 0 aliphatic heterocycles. The van der Waals surface area contributed by atoms with Gasteiger partial charge in [-0.3, -0.25) is 4.79 Å². The van der Waals surface area contributed by atoms with Gasteiger partial charge in [0.25, 0.3) is 5.56 Å². The summed E-state index contributed by atoms with van der Waals surface area (Å²) in [6, 6.07) is 17.8. The number of aromatic nitrogens is 1. The fourth-order valence-corrected chi connectivity index (χ4v) is 2.79. The molecule has 0 spiro atoms. The summed E-state index contributed by atoms with van der Waals surface area (Å²) in [4.78, 5) is 12.3. The Hall–Kier alpha value is -2.92. The molecule has 0 fully saturated rings. The van der Waals surface area contributed by atoms with E-state index in [4.69, 9.17) is 4.74 Å². The summed E-state index contributed by atoms with van der Waals surface area (Å²) >= 11 is 0. The highest BCUT2D eigenvalue weighted by molar-refractivity contribution is 5.23. The normalized spacial score (nSPS) is 10.7. The summed E-state index contributed by atoms with van der Waals surface area (Å²) in [7, 11) is 1.92. The van der Waals surface area contributed by atoms with E-state index in [0.29, 0.717) is 18.9 Å². The summed E-state index contributed by atoms with van der Waals surface area (Å²) < 4.78 is 20.2. The molecule has 0 unspecified atom stereocenters. The number of nitrogens with one attached hydrogen (secondary N) is 1. The van der Waals surface area contributed by atoms with E-state index in [-0.39, 0.29) is 11.4 Å². The number of ether oxygens (including phenoxy) is 1. The number of hydrogen-bond acceptors (Lipinski definition) is 3. The number of nitrogens with zero attached hydrogens (tertiary/aromatic N) is 1. The van der Waals surface area contributed by atoms with Crippen LogP contribution in [-0.4, -0.2) is 11.6 Å². The summed E-state index contributed by atoms with van der Waals surface area (Å²) in [6.07, 6.45) is 2.53. The SMILES string of the molecule is CNCc1ccc(CCn2ccc(OCc3ccc(F)cc3)cc2=O)cc1. The molecular weight excluding hydrogens is 343 g/mol. The van der Waals surface area contributed by atoms with Crippen LogP contribution in [0.4, 0.5) is 4.39 Å². The maximum absolute atomic E-state index is 12.9. The third-order valence-corrected chi connectivity index (χ3v) is 4.33. The Morgan fingerprint density at radius 1 is 0.963 bits per heavy atom. The zero-order chi connectivity index (χ0) is 19.1. The second-order valence-electron chi connectivity index (χ2n) is 6.41. The third-order valence-electron chi connectivity index (χ3n) is 4.33. The van der Waals surface area contributed by atoms with E-state index in [1.165, 1.54) is 29.3 Å². The molecule has 0 saturated heterocycles. The van der Waals surface area contributed by atoms with Gasteiger partial charge < -0.3 is 14.6 Å². The molecule has 0 atom stereocenters. The highest BCUT2D eigenvalue weighted by atomic mass is 19.1. The second kappa shape index (κ2) is 9.14. The van der Waals surface area contributed by atoms with Crippen LogP contribution in [0.25, 0.3) is 0 Å². The summed E-state index contributed by atoms with van der Waals surface area (Å²) in [5.41, 5.74) is 3.18. The molecule has 0 aliphatic rings. The molecule has 3 rings (SSSR count). The predicted octanol–water partition coefficient (Wildman–Crippen LogP) is 3.53. The molecule has 0 radical (unpaired) electrons. The third kappa shape index (κ3) is 5.53. The Morgan fingerprint density at radius 2 is 1.63 bits per heavy atom. The van der Waals surface area contributed by atoms with Crippen molar-refractivity contribution >= 4 is 0 Å². The first-order valence-corrected chi connectivity index (χ1v) is 8.94. The van der Waals surface area contributed by atoms with Crippen molar-refractivity contribution in [1.82, 2.24) is 9.88 Å². The second-order valence-corrected chi connectivity index (χ2v) is 6.41. The molecule has 140 valence electrons. The molecule has 27 heavy (non-hydrogen) atoms. The molecule has 3 aromatic rings. The van der Waals surface area contributed by atoms with Gasteiger partial charge in [0.05, 0.1) is 0 Å². The van der Waals surface area contributed by atoms with Crippen LogP contribution in [0.15, 0.2) is 71.7 Å². The van der Waals surface area contributed by atoms with Crippen LogP contribution in [0, 0.1) is 5.82 Å². The van der Waals surface area contributed by atoms with E-state index in [1.54, 1.807) is 29.0 Å². The molecule has 4 nitrogen and oxygen atoms in total. The number of benzene rings is 2. The minimum absolute atomic E-state index is 0.0987. The quantitative estimate of drug-likeness (QED) is 0.663. The Labute approximate surface area is 158 Å². The number of aryl methyl sites for hydroxylation is 2. The van der Waals surface area contributed by atoms with Gasteiger partial charge in [0.1, 0.15) is 18.2 Å². The van der Waals surface area contributed by atoms with E-state index in [0.717, 1.165) is 18.5 Å². The molecule has 0 amide bonds. The highest BCUT2D eigenvalue weighted by Gasteiger charge is 2.02. The van der Waals surface area contributed by atoms with Crippen molar-refractivity contribution in [3.8, 4) is 5.75 Å². The number of halogens is 1. The standard InChI is InChI=1S/C22H23FN2O2/c1-24-15-18-4-2-17(3-5-18)10-12-25-13-11-21(14-22(25)26)27-16-19-6-8-20(23)9-7-19/h2-9,11,13-14,24H,10,12,15-16H2,1H3. The molecule has 2 aromatic carbocycles. The Morgan fingerprint density at radius 3 is 2.30 bits per heavy atom. The molecule has 0 bridgehead atoms. The van der Waals surface area contributed by atoms with E-state index in [9.17, 15) is 9.18 Å². The lowest BCUT2D eigenvalue weighted by atomic mass is 10.1. The van der Waals surface area contributed by atoms with Gasteiger partial charge in [0.15, 0.2) is 0 Å². The van der Waals surface area contributed by atoms with Crippen molar-refractivity contribution in [2.24, 2.45) is 0 Å². The summed E-state index contributed by atoms with van der Waals surface area (Å²) in [5.74, 6) is 0.231. The monoisotopic (exact) mass is 366 g/mol. The van der Waals surface area contributed by atoms with Gasteiger partial charge in [0, 0.05) is 25.4 Å². The van der Waals surface area contributed by atoms with Gasteiger partial charge in [-0.1, -0.05) is 36.4 Å². The first-order chi connectivity index (χ1) is 13.1. The lowest BCUT2D eigenvalue weighted by molar-refractivity contribution is 0.304. The number of hydrogen-bond donors (Lipinski definition) is 1. The van der Waals surface area contributed by atoms with E-state index >= 15 is 0 Å². The van der Waals surface area contributed by atoms with Crippen molar-refractivity contribution in [2.45, 2.75) is 26.1 Å². The first kappa shape index (κ1) is 18.9. The minimum Gasteiger partial charge on any atom is -0.489 e. The van der Waals surface area contributed by atoms with Crippen molar-refractivity contribution in [1.29, 1.82) is 0 Å². The molecule has 0 saturated carbocycles. The zero-order valence-electron chi connectivity index (χ0n) is 15.3. The summed E-state index contributed by atoms with van der Waals surface area (Å²) in [6.45, 7) is 1.75. The fraction of sp³-hybridized carbons (Fsp3) is 0.227. The van der Waals surface area contributed by atoms with Crippen LogP contribution in [-0.2, 0) is 26.1 Å². The topological polar surface area (TPSA) is 43.3 Å². The highest BCUT2D eigenvalue weighted by Crippen LogP contribution is 2.11. The maximum atomic E-state index is 12.9. The van der Waals surface area contributed by atoms with Crippen LogP contribution in [0.1, 0.15) is 16.7 Å². The van der Waals surface area contributed by atoms with E-state index in [2.05, 4.69) is 29.6 Å². The van der Waals surface area contributed by atoms with Gasteiger partial charge in [0.2, 0.25) is 0 Å². The maximum Gasteiger partial charge on any atom is 0.254 e. The minimum atomic E-state index is -0.280. The summed E-state index contributed by atoms with van der Waals surface area (Å²) in [5, 5.41) is 3.12. The zero-order valence-corrected chi connectivity index (χ0v) is 15.3. The van der Waals surface area contributed by atoms with E-state index in [1.807, 2.05) is 7.05 Å². The van der Waals surface area contributed by atoms with Crippen LogP contribution in [0.2, 0.25) is 0 Å². The molecule has 5 heteroatoms. The molecule has 1 aromatic heterocycles.